The van der Waals surface area contributed by atoms with Crippen LogP contribution in [0.2, 0.25) is 0 Å². The Morgan fingerprint density at radius 1 is 1.36 bits per heavy atom. The van der Waals surface area contributed by atoms with Crippen LogP contribution >= 0.6 is 0 Å². The van der Waals surface area contributed by atoms with E-state index in [9.17, 15) is 0 Å². The highest BCUT2D eigenvalue weighted by Crippen LogP contribution is 2.24. The van der Waals surface area contributed by atoms with Gasteiger partial charge in [0.25, 0.3) is 0 Å². The van der Waals surface area contributed by atoms with Gasteiger partial charge in [0.2, 0.25) is 0 Å². The standard InChI is InChI=1S/C22H32N6/c1-7-8-11-24-13-17(2)28-20(12-21(27-28)26-22(3,4)5)19-10-9-18(14-23-6)15-25-16-19/h8-13,15,23H,2,7,14,16H2,1,3-6H3,(H,26,27)/b11-8-,24-13?. The molecule has 0 fully saturated rings. The van der Waals surface area contributed by atoms with Gasteiger partial charge in [0, 0.05) is 30.6 Å². The molecule has 1 aromatic heterocycles. The molecule has 2 rings (SSSR count). The van der Waals surface area contributed by atoms with E-state index in [4.69, 9.17) is 5.10 Å². The molecule has 2 N–H and O–H groups in total. The number of aliphatic imine (C=N–C) groups is 2. The lowest BCUT2D eigenvalue weighted by Gasteiger charge is -2.19. The summed E-state index contributed by atoms with van der Waals surface area (Å²) >= 11 is 0. The number of nitrogens with zero attached hydrogens (tertiary/aromatic N) is 4. The summed E-state index contributed by atoms with van der Waals surface area (Å²) in [6, 6.07) is 2.05. The fourth-order valence-electron chi connectivity index (χ4n) is 2.66. The largest absolute Gasteiger partial charge is 0.364 e. The maximum absolute atomic E-state index is 4.72. The van der Waals surface area contributed by atoms with E-state index >= 15 is 0 Å². The number of allylic oxidation sites excluding steroid dienone is 4. The van der Waals surface area contributed by atoms with Gasteiger partial charge in [0.05, 0.1) is 24.2 Å². The number of hydrogen-bond donors (Lipinski definition) is 2. The zero-order valence-corrected chi connectivity index (χ0v) is 17.7. The molecule has 6 nitrogen and oxygen atoms in total. The van der Waals surface area contributed by atoms with Crippen molar-refractivity contribution in [1.82, 2.24) is 15.1 Å². The molecule has 2 heterocycles. The minimum atomic E-state index is -0.0917. The fraction of sp³-hybridized carbons (Fsp3) is 0.409. The molecule has 150 valence electrons. The topological polar surface area (TPSA) is 66.6 Å². The lowest BCUT2D eigenvalue weighted by Crippen LogP contribution is -2.26. The average Bonchev–Trinajstić information content (AvgIpc) is 2.88. The zero-order valence-electron chi connectivity index (χ0n) is 17.7. The Kier molecular flexibility index (Phi) is 7.70. The lowest BCUT2D eigenvalue weighted by atomic mass is 10.1. The van der Waals surface area contributed by atoms with E-state index in [0.717, 1.165) is 35.6 Å². The summed E-state index contributed by atoms with van der Waals surface area (Å²) in [5, 5.41) is 11.3. The first kappa shape index (κ1) is 21.6. The van der Waals surface area contributed by atoms with Crippen molar-refractivity contribution in [1.29, 1.82) is 0 Å². The van der Waals surface area contributed by atoms with Crippen LogP contribution < -0.4 is 10.6 Å². The van der Waals surface area contributed by atoms with Crippen molar-refractivity contribution >= 4 is 29.5 Å². The minimum Gasteiger partial charge on any atom is -0.364 e. The van der Waals surface area contributed by atoms with Gasteiger partial charge in [-0.15, -0.1) is 5.10 Å². The highest BCUT2D eigenvalue weighted by atomic mass is 15.3. The smallest absolute Gasteiger partial charge is 0.149 e. The second-order valence-electron chi connectivity index (χ2n) is 7.70. The minimum absolute atomic E-state index is 0.0917. The van der Waals surface area contributed by atoms with Gasteiger partial charge in [-0.05, 0) is 45.4 Å². The lowest BCUT2D eigenvalue weighted by molar-refractivity contribution is 0.628. The number of anilines is 1. The summed E-state index contributed by atoms with van der Waals surface area (Å²) in [7, 11) is 1.93. The first-order chi connectivity index (χ1) is 13.3. The van der Waals surface area contributed by atoms with Crippen molar-refractivity contribution in [2.45, 2.75) is 39.7 Å². The average molecular weight is 381 g/mol. The highest BCUT2D eigenvalue weighted by molar-refractivity contribution is 6.02. The van der Waals surface area contributed by atoms with Crippen molar-refractivity contribution in [3.8, 4) is 0 Å². The summed E-state index contributed by atoms with van der Waals surface area (Å²) < 4.78 is 1.83. The molecule has 1 aliphatic heterocycles. The molecule has 6 heteroatoms. The maximum Gasteiger partial charge on any atom is 0.149 e. The molecule has 1 aromatic rings. The van der Waals surface area contributed by atoms with Gasteiger partial charge in [-0.2, -0.15) is 0 Å². The van der Waals surface area contributed by atoms with Crippen LogP contribution in [-0.2, 0) is 0 Å². The third-order valence-corrected chi connectivity index (χ3v) is 3.86. The van der Waals surface area contributed by atoms with Gasteiger partial charge in [0.1, 0.15) is 5.82 Å². The molecular weight excluding hydrogens is 348 g/mol. The molecule has 0 saturated carbocycles. The Morgan fingerprint density at radius 3 is 2.82 bits per heavy atom. The number of aromatic nitrogens is 2. The van der Waals surface area contributed by atoms with Crippen molar-refractivity contribution in [3.63, 3.8) is 0 Å². The first-order valence-corrected chi connectivity index (χ1v) is 9.64. The van der Waals surface area contributed by atoms with Gasteiger partial charge in [-0.25, -0.2) is 4.68 Å². The van der Waals surface area contributed by atoms with E-state index < -0.39 is 0 Å². The molecule has 0 amide bonds. The predicted molar refractivity (Wildman–Crippen MR) is 122 cm³/mol. The molecule has 1 aliphatic rings. The van der Waals surface area contributed by atoms with Crippen LogP contribution in [0.25, 0.3) is 11.3 Å². The fourth-order valence-corrected chi connectivity index (χ4v) is 2.66. The quantitative estimate of drug-likeness (QED) is 0.665. The second kappa shape index (κ2) is 9.99. The maximum atomic E-state index is 4.72. The van der Waals surface area contributed by atoms with Gasteiger partial charge in [0.15, 0.2) is 0 Å². The van der Waals surface area contributed by atoms with Crippen LogP contribution in [0.15, 0.2) is 52.6 Å². The number of nitrogens with one attached hydrogen (secondary N) is 2. The molecule has 0 saturated heterocycles. The van der Waals surface area contributed by atoms with Crippen molar-refractivity contribution in [2.75, 3.05) is 25.5 Å². The van der Waals surface area contributed by atoms with Crippen molar-refractivity contribution in [2.24, 2.45) is 9.98 Å². The van der Waals surface area contributed by atoms with Crippen LogP contribution in [0.1, 0.15) is 39.8 Å². The summed E-state index contributed by atoms with van der Waals surface area (Å²) in [5.41, 5.74) is 3.79. The summed E-state index contributed by atoms with van der Waals surface area (Å²) in [5.74, 6) is 0.801. The molecular formula is C22H32N6. The molecule has 0 aliphatic carbocycles. The third kappa shape index (κ3) is 6.46. The Hall–Kier alpha value is -2.73. The van der Waals surface area contributed by atoms with Gasteiger partial charge >= 0.3 is 0 Å². The van der Waals surface area contributed by atoms with Crippen LogP contribution in [0.5, 0.6) is 0 Å². The molecule has 0 radical (unpaired) electrons. The van der Waals surface area contributed by atoms with E-state index in [0.29, 0.717) is 12.2 Å². The summed E-state index contributed by atoms with van der Waals surface area (Å²) in [6.07, 6.45) is 12.6. The van der Waals surface area contributed by atoms with Crippen LogP contribution in [-0.4, -0.2) is 47.9 Å². The van der Waals surface area contributed by atoms with E-state index in [1.165, 1.54) is 0 Å². The monoisotopic (exact) mass is 380 g/mol. The normalized spacial score (nSPS) is 15.0. The third-order valence-electron chi connectivity index (χ3n) is 3.86. The first-order valence-electron chi connectivity index (χ1n) is 9.64. The Balaban J connectivity index is 2.40. The molecule has 0 unspecified atom stereocenters. The zero-order chi connectivity index (χ0) is 20.6. The number of rotatable bonds is 8. The van der Waals surface area contributed by atoms with Gasteiger partial charge in [-0.1, -0.05) is 31.7 Å². The van der Waals surface area contributed by atoms with E-state index in [1.807, 2.05) is 30.1 Å². The summed E-state index contributed by atoms with van der Waals surface area (Å²) in [4.78, 5) is 8.87. The second-order valence-corrected chi connectivity index (χ2v) is 7.70. The molecule has 0 bridgehead atoms. The van der Waals surface area contributed by atoms with Gasteiger partial charge < -0.3 is 10.6 Å². The molecule has 28 heavy (non-hydrogen) atoms. The predicted octanol–water partition coefficient (Wildman–Crippen LogP) is 4.17. The van der Waals surface area contributed by atoms with Crippen molar-refractivity contribution < 1.29 is 0 Å². The Morgan fingerprint density at radius 2 is 2.14 bits per heavy atom. The van der Waals surface area contributed by atoms with Crippen molar-refractivity contribution in [3.05, 3.63) is 48.3 Å². The van der Waals surface area contributed by atoms with E-state index in [-0.39, 0.29) is 5.54 Å². The van der Waals surface area contributed by atoms with Crippen LogP contribution in [0.3, 0.4) is 0 Å². The number of likely N-dealkylation sites (N-methyl/N-ethyl adjacent to an activating group) is 1. The van der Waals surface area contributed by atoms with Crippen LogP contribution in [0.4, 0.5) is 5.82 Å². The Labute approximate surface area is 168 Å². The molecule has 0 aromatic carbocycles. The van der Waals surface area contributed by atoms with Crippen LogP contribution in [0, 0.1) is 0 Å². The van der Waals surface area contributed by atoms with Gasteiger partial charge in [-0.3, -0.25) is 9.98 Å². The summed E-state index contributed by atoms with van der Waals surface area (Å²) in [6.45, 7) is 13.9. The van der Waals surface area contributed by atoms with E-state index in [2.05, 4.69) is 67.0 Å². The van der Waals surface area contributed by atoms with E-state index in [1.54, 1.807) is 12.4 Å². The molecule has 0 atom stereocenters. The molecule has 0 spiro atoms. The SMILES string of the molecule is C=C(C=N/C=C\CC)n1nc(NC(C)(C)C)cc1C1=CC=C(CNC)C=NC1. The Bertz CT molecular complexity index is 828. The number of hydrogen-bond acceptors (Lipinski definition) is 5. The highest BCUT2D eigenvalue weighted by Gasteiger charge is 2.17.